The zero-order valence-electron chi connectivity index (χ0n) is 10.8. The lowest BCUT2D eigenvalue weighted by Crippen LogP contribution is -2.22. The Hall–Kier alpha value is -2.79. The number of pyridine rings is 1. The number of nitrogens with zero attached hydrogens (tertiary/aromatic N) is 3. The molecular formula is C13H12N4O3. The molecule has 0 fully saturated rings. The van der Waals surface area contributed by atoms with Gasteiger partial charge < -0.3 is 9.72 Å². The van der Waals surface area contributed by atoms with Gasteiger partial charge in [-0.25, -0.2) is 4.79 Å². The lowest BCUT2D eigenvalue weighted by molar-refractivity contribution is 0.0523. The van der Waals surface area contributed by atoms with E-state index in [0.717, 1.165) is 0 Å². The van der Waals surface area contributed by atoms with Crippen LogP contribution in [0.15, 0.2) is 34.2 Å². The second kappa shape index (κ2) is 5.90. The van der Waals surface area contributed by atoms with Crippen molar-refractivity contribution in [1.82, 2.24) is 4.98 Å². The Morgan fingerprint density at radius 3 is 2.90 bits per heavy atom. The average Bonchev–Trinajstić information content (AvgIpc) is 2.44. The highest BCUT2D eigenvalue weighted by Gasteiger charge is 2.19. The number of hydrogen-bond acceptors (Lipinski definition) is 4. The van der Waals surface area contributed by atoms with Crippen LogP contribution in [0.5, 0.6) is 0 Å². The number of aromatic nitrogens is 1. The van der Waals surface area contributed by atoms with Crippen LogP contribution in [0.1, 0.15) is 22.8 Å². The highest BCUT2D eigenvalue weighted by Crippen LogP contribution is 2.19. The molecule has 102 valence electrons. The van der Waals surface area contributed by atoms with Gasteiger partial charge in [0, 0.05) is 15.8 Å². The predicted molar refractivity (Wildman–Crippen MR) is 73.4 cm³/mol. The van der Waals surface area contributed by atoms with Crippen LogP contribution in [0.2, 0.25) is 0 Å². The fraction of sp³-hybridized carbons (Fsp3) is 0.231. The van der Waals surface area contributed by atoms with E-state index in [0.29, 0.717) is 16.5 Å². The molecule has 7 heteroatoms. The van der Waals surface area contributed by atoms with E-state index in [4.69, 9.17) is 10.3 Å². The fourth-order valence-corrected chi connectivity index (χ4v) is 2.00. The van der Waals surface area contributed by atoms with E-state index >= 15 is 0 Å². The molecule has 0 aliphatic rings. The Morgan fingerprint density at radius 2 is 2.20 bits per heavy atom. The molecule has 0 saturated heterocycles. The summed E-state index contributed by atoms with van der Waals surface area (Å²) < 4.78 is 4.88. The molecule has 0 aliphatic carbocycles. The molecule has 1 aromatic carbocycles. The number of azide groups is 1. The van der Waals surface area contributed by atoms with E-state index in [1.807, 2.05) is 0 Å². The van der Waals surface area contributed by atoms with Crippen molar-refractivity contribution in [1.29, 1.82) is 0 Å². The molecular weight excluding hydrogens is 260 g/mol. The molecule has 0 unspecified atom stereocenters. The molecule has 1 aromatic heterocycles. The van der Waals surface area contributed by atoms with E-state index in [2.05, 4.69) is 15.0 Å². The number of aromatic amines is 1. The van der Waals surface area contributed by atoms with E-state index in [-0.39, 0.29) is 18.7 Å². The summed E-state index contributed by atoms with van der Waals surface area (Å²) in [5, 5.41) is 4.11. The number of ether oxygens (including phenoxy) is 1. The van der Waals surface area contributed by atoms with Gasteiger partial charge in [-0.1, -0.05) is 23.3 Å². The van der Waals surface area contributed by atoms with Crippen molar-refractivity contribution in [3.05, 3.63) is 56.2 Å². The summed E-state index contributed by atoms with van der Waals surface area (Å²) in [6.07, 6.45) is 0. The zero-order chi connectivity index (χ0) is 14.5. The summed E-state index contributed by atoms with van der Waals surface area (Å²) in [4.78, 5) is 29.3. The summed E-state index contributed by atoms with van der Waals surface area (Å²) in [6.45, 7) is 1.72. The number of para-hydroxylation sites is 1. The van der Waals surface area contributed by atoms with Gasteiger partial charge in [-0.15, -0.1) is 0 Å². The number of rotatable bonds is 4. The minimum atomic E-state index is -0.720. The normalized spacial score (nSPS) is 10.1. The van der Waals surface area contributed by atoms with Crippen LogP contribution in [0, 0.1) is 0 Å². The fourth-order valence-electron chi connectivity index (χ4n) is 2.00. The number of benzene rings is 1. The molecule has 0 aliphatic heterocycles. The summed E-state index contributed by atoms with van der Waals surface area (Å²) in [5.41, 5.74) is 8.75. The van der Waals surface area contributed by atoms with E-state index in [9.17, 15) is 9.59 Å². The summed E-state index contributed by atoms with van der Waals surface area (Å²) >= 11 is 0. The van der Waals surface area contributed by atoms with Crippen LogP contribution in [-0.4, -0.2) is 17.6 Å². The molecule has 1 heterocycles. The number of esters is 1. The van der Waals surface area contributed by atoms with Gasteiger partial charge in [0.05, 0.1) is 13.2 Å². The molecule has 0 bridgehead atoms. The smallest absolute Gasteiger partial charge is 0.344 e. The van der Waals surface area contributed by atoms with Gasteiger partial charge >= 0.3 is 5.97 Å². The predicted octanol–water partition coefficient (Wildman–Crippen LogP) is 2.52. The Morgan fingerprint density at radius 1 is 1.45 bits per heavy atom. The lowest BCUT2D eigenvalue weighted by atomic mass is 10.0. The molecule has 0 saturated carbocycles. The zero-order valence-corrected chi connectivity index (χ0v) is 10.8. The summed E-state index contributed by atoms with van der Waals surface area (Å²) in [6, 6.07) is 7.00. The van der Waals surface area contributed by atoms with Crippen molar-refractivity contribution in [3.8, 4) is 0 Å². The number of carbonyl (C=O) groups excluding carboxylic acids is 1. The van der Waals surface area contributed by atoms with Crippen molar-refractivity contribution in [2.75, 3.05) is 6.61 Å². The van der Waals surface area contributed by atoms with E-state index < -0.39 is 11.5 Å². The van der Waals surface area contributed by atoms with Gasteiger partial charge in [0.25, 0.3) is 5.56 Å². The molecule has 0 atom stereocenters. The number of H-pyrrole nitrogens is 1. The molecule has 0 radical (unpaired) electrons. The third-order valence-corrected chi connectivity index (χ3v) is 2.80. The minimum Gasteiger partial charge on any atom is -0.462 e. The maximum absolute atomic E-state index is 12.0. The molecule has 7 nitrogen and oxygen atoms in total. The lowest BCUT2D eigenvalue weighted by Gasteiger charge is -2.09. The van der Waals surface area contributed by atoms with Crippen molar-refractivity contribution in [2.45, 2.75) is 13.5 Å². The average molecular weight is 272 g/mol. The third kappa shape index (κ3) is 2.48. The summed E-state index contributed by atoms with van der Waals surface area (Å²) in [5.74, 6) is -0.720. The number of hydrogen-bond donors (Lipinski definition) is 1. The highest BCUT2D eigenvalue weighted by molar-refractivity contribution is 5.96. The Balaban J connectivity index is 2.76. The van der Waals surface area contributed by atoms with Crippen LogP contribution < -0.4 is 5.56 Å². The first-order valence-electron chi connectivity index (χ1n) is 6.01. The van der Waals surface area contributed by atoms with Gasteiger partial charge in [0.1, 0.15) is 5.56 Å². The van der Waals surface area contributed by atoms with Gasteiger partial charge in [0.15, 0.2) is 0 Å². The molecule has 1 N–H and O–H groups in total. The quantitative estimate of drug-likeness (QED) is 0.399. The van der Waals surface area contributed by atoms with E-state index in [1.165, 1.54) is 0 Å². The van der Waals surface area contributed by atoms with Gasteiger partial charge in [-0.3, -0.25) is 4.79 Å². The summed E-state index contributed by atoms with van der Waals surface area (Å²) in [7, 11) is 0. The minimum absolute atomic E-state index is 0.0882. The van der Waals surface area contributed by atoms with Crippen molar-refractivity contribution >= 4 is 16.9 Å². The Labute approximate surface area is 113 Å². The Kier molecular flexibility index (Phi) is 4.02. The molecule has 0 spiro atoms. The van der Waals surface area contributed by atoms with Crippen LogP contribution >= 0.6 is 0 Å². The van der Waals surface area contributed by atoms with Gasteiger partial charge in [-0.2, -0.15) is 0 Å². The first-order chi connectivity index (χ1) is 9.69. The number of carbonyl (C=O) groups is 1. The third-order valence-electron chi connectivity index (χ3n) is 2.80. The molecule has 20 heavy (non-hydrogen) atoms. The van der Waals surface area contributed by atoms with Gasteiger partial charge in [-0.05, 0) is 24.1 Å². The second-order valence-corrected chi connectivity index (χ2v) is 3.96. The number of nitrogens with one attached hydrogen (secondary N) is 1. The van der Waals surface area contributed by atoms with Gasteiger partial charge in [0.2, 0.25) is 0 Å². The van der Waals surface area contributed by atoms with Crippen molar-refractivity contribution < 1.29 is 9.53 Å². The van der Waals surface area contributed by atoms with Crippen molar-refractivity contribution in [2.24, 2.45) is 5.11 Å². The van der Waals surface area contributed by atoms with Crippen molar-refractivity contribution in [3.63, 3.8) is 0 Å². The topological polar surface area (TPSA) is 108 Å². The van der Waals surface area contributed by atoms with Crippen LogP contribution in [0.25, 0.3) is 21.3 Å². The number of fused-ring (bicyclic) bond motifs is 1. The van der Waals surface area contributed by atoms with Crippen LogP contribution in [0.4, 0.5) is 0 Å². The highest BCUT2D eigenvalue weighted by atomic mass is 16.5. The second-order valence-electron chi connectivity index (χ2n) is 3.96. The molecule has 2 rings (SSSR count). The largest absolute Gasteiger partial charge is 0.462 e. The first kappa shape index (κ1) is 13.6. The SMILES string of the molecule is CCOC(=O)c1c(CN=[N+]=[N-])c2ccccc2[nH]c1=O. The molecule has 0 amide bonds. The monoisotopic (exact) mass is 272 g/mol. The van der Waals surface area contributed by atoms with Crippen LogP contribution in [-0.2, 0) is 11.3 Å². The Bertz CT molecular complexity index is 760. The maximum Gasteiger partial charge on any atom is 0.344 e. The van der Waals surface area contributed by atoms with E-state index in [1.54, 1.807) is 31.2 Å². The first-order valence-corrected chi connectivity index (χ1v) is 6.01. The maximum atomic E-state index is 12.0. The standard InChI is InChI=1S/C13H12N4O3/c1-2-20-13(19)11-9(7-15-17-14)8-5-3-4-6-10(8)16-12(11)18/h3-6H,2,7H2,1H3,(H,16,18). The van der Waals surface area contributed by atoms with Crippen LogP contribution in [0.3, 0.4) is 0 Å². The molecule has 2 aromatic rings.